The third-order valence-corrected chi connectivity index (χ3v) is 8.87. The van der Waals surface area contributed by atoms with Gasteiger partial charge in [-0.25, -0.2) is 13.1 Å². The van der Waals surface area contributed by atoms with Gasteiger partial charge in [0.2, 0.25) is 9.47 Å². The van der Waals surface area contributed by atoms with Gasteiger partial charge in [-0.3, -0.25) is 10.1 Å². The number of piperidine rings is 1. The van der Waals surface area contributed by atoms with E-state index in [2.05, 4.69) is 32.1 Å². The fourth-order valence-electron chi connectivity index (χ4n) is 3.95. The van der Waals surface area contributed by atoms with Crippen LogP contribution in [-0.2, 0) is 10.0 Å². The predicted octanol–water partition coefficient (Wildman–Crippen LogP) is 4.37. The lowest BCUT2D eigenvalue weighted by atomic mass is 9.98. The second-order valence-electron chi connectivity index (χ2n) is 8.75. The van der Waals surface area contributed by atoms with E-state index in [0.717, 1.165) is 47.2 Å². The van der Waals surface area contributed by atoms with Crippen LogP contribution in [0.25, 0.3) is 0 Å². The first-order chi connectivity index (χ1) is 16.2. The zero-order valence-electron chi connectivity index (χ0n) is 19.5. The van der Waals surface area contributed by atoms with E-state index < -0.39 is 16.1 Å². The topological polar surface area (TPSA) is 104 Å². The van der Waals surface area contributed by atoms with Gasteiger partial charge in [-0.2, -0.15) is 0 Å². The smallest absolute Gasteiger partial charge is 0.270 e. The van der Waals surface area contributed by atoms with Gasteiger partial charge in [0.1, 0.15) is 0 Å². The van der Waals surface area contributed by atoms with Crippen molar-refractivity contribution in [2.45, 2.75) is 44.0 Å². The molecule has 0 saturated carbocycles. The highest BCUT2D eigenvalue weighted by molar-refractivity contribution is 7.91. The average Bonchev–Trinajstić information content (AvgIpc) is 3.29. The summed E-state index contributed by atoms with van der Waals surface area (Å²) >= 11 is 0.816. The predicted molar refractivity (Wildman–Crippen MR) is 135 cm³/mol. The highest BCUT2D eigenvalue weighted by Crippen LogP contribution is 2.26. The van der Waals surface area contributed by atoms with Gasteiger partial charge in [0.05, 0.1) is 0 Å². The molecule has 1 aliphatic heterocycles. The Hall–Kier alpha value is -2.82. The quantitative estimate of drug-likeness (QED) is 0.468. The van der Waals surface area contributed by atoms with Crippen LogP contribution in [0.1, 0.15) is 54.2 Å². The molecule has 10 heteroatoms. The minimum Gasteiger partial charge on any atom is -0.372 e. The Balaban J connectivity index is 1.39. The summed E-state index contributed by atoms with van der Waals surface area (Å²) in [5.74, 6) is 0.407. The van der Waals surface area contributed by atoms with Crippen LogP contribution in [0.4, 0.5) is 10.8 Å². The van der Waals surface area contributed by atoms with Crippen molar-refractivity contribution < 1.29 is 13.2 Å². The van der Waals surface area contributed by atoms with E-state index in [-0.39, 0.29) is 15.4 Å². The summed E-state index contributed by atoms with van der Waals surface area (Å²) in [5.41, 5.74) is 3.32. The summed E-state index contributed by atoms with van der Waals surface area (Å²) < 4.78 is 28.2. The van der Waals surface area contributed by atoms with Crippen LogP contribution < -0.4 is 14.9 Å². The Kier molecular flexibility index (Phi) is 7.30. The number of nitrogens with zero attached hydrogens (tertiary/aromatic N) is 3. The molecule has 1 atom stereocenters. The average molecular weight is 500 g/mol. The number of anilines is 2. The largest absolute Gasteiger partial charge is 0.372 e. The number of benzene rings is 2. The Morgan fingerprint density at radius 2 is 1.76 bits per heavy atom. The molecule has 2 heterocycles. The number of carbonyl (C=O) groups is 1. The maximum absolute atomic E-state index is 12.9. The Morgan fingerprint density at radius 1 is 1.09 bits per heavy atom. The Morgan fingerprint density at radius 3 is 2.44 bits per heavy atom. The fourth-order valence-corrected chi connectivity index (χ4v) is 6.10. The number of sulfonamides is 1. The first-order valence-electron chi connectivity index (χ1n) is 11.3. The number of hydrogen-bond acceptors (Lipinski definition) is 7. The van der Waals surface area contributed by atoms with E-state index in [1.165, 1.54) is 12.8 Å². The molecule has 3 aromatic rings. The standard InChI is InChI=1S/C24H29N5O3S2/c1-16-12-14-29(15-13-16)20-10-8-19(9-11-20)18(3)28-34(31,32)24-27-26-23(33-24)25-22(30)21-7-5-4-6-17(21)2/h4-11,16,18,28H,12-15H2,1-3H3,(H,25,26,30)/t18-/m1/s1. The zero-order chi connectivity index (χ0) is 24.3. The zero-order valence-corrected chi connectivity index (χ0v) is 21.1. The van der Waals surface area contributed by atoms with Crippen molar-refractivity contribution in [2.24, 2.45) is 5.92 Å². The van der Waals surface area contributed by atoms with Crippen LogP contribution in [0.2, 0.25) is 0 Å². The molecule has 34 heavy (non-hydrogen) atoms. The van der Waals surface area contributed by atoms with E-state index in [0.29, 0.717) is 5.56 Å². The molecule has 180 valence electrons. The van der Waals surface area contributed by atoms with Crippen molar-refractivity contribution in [2.75, 3.05) is 23.3 Å². The monoisotopic (exact) mass is 499 g/mol. The number of amides is 1. The van der Waals surface area contributed by atoms with Crippen LogP contribution in [-0.4, -0.2) is 37.6 Å². The number of rotatable bonds is 7. The van der Waals surface area contributed by atoms with Gasteiger partial charge in [-0.1, -0.05) is 48.6 Å². The molecule has 0 radical (unpaired) electrons. The number of nitrogens with one attached hydrogen (secondary N) is 2. The van der Waals surface area contributed by atoms with Crippen molar-refractivity contribution in [1.29, 1.82) is 0 Å². The molecule has 8 nitrogen and oxygen atoms in total. The van der Waals surface area contributed by atoms with Crippen LogP contribution in [0.5, 0.6) is 0 Å². The SMILES string of the molecule is Cc1ccccc1C(=O)Nc1nnc(S(=O)(=O)N[C@H](C)c2ccc(N3CCC(C)CC3)cc2)s1. The van der Waals surface area contributed by atoms with Crippen LogP contribution in [0.3, 0.4) is 0 Å². The Bertz CT molecular complexity index is 1250. The third kappa shape index (κ3) is 5.63. The fraction of sp³-hybridized carbons (Fsp3) is 0.375. The summed E-state index contributed by atoms with van der Waals surface area (Å²) in [4.78, 5) is 14.8. The second-order valence-corrected chi connectivity index (χ2v) is 11.6. The minimum atomic E-state index is -3.90. The van der Waals surface area contributed by atoms with E-state index in [4.69, 9.17) is 0 Å². The first-order valence-corrected chi connectivity index (χ1v) is 13.6. The van der Waals surface area contributed by atoms with E-state index in [1.807, 2.05) is 43.3 Å². The minimum absolute atomic E-state index is 0.126. The molecule has 2 aromatic carbocycles. The van der Waals surface area contributed by atoms with E-state index in [9.17, 15) is 13.2 Å². The van der Waals surface area contributed by atoms with Crippen molar-refractivity contribution in [3.8, 4) is 0 Å². The molecule has 2 N–H and O–H groups in total. The van der Waals surface area contributed by atoms with Gasteiger partial charge >= 0.3 is 0 Å². The third-order valence-electron chi connectivity index (χ3n) is 6.12. The molecule has 4 rings (SSSR count). The van der Waals surface area contributed by atoms with Crippen molar-refractivity contribution in [3.63, 3.8) is 0 Å². The molecule has 0 unspecified atom stereocenters. The summed E-state index contributed by atoms with van der Waals surface area (Å²) in [6, 6.07) is 14.7. The van der Waals surface area contributed by atoms with Crippen molar-refractivity contribution in [1.82, 2.24) is 14.9 Å². The molecule has 0 bridgehead atoms. The van der Waals surface area contributed by atoms with Gasteiger partial charge in [0.15, 0.2) is 0 Å². The van der Waals surface area contributed by atoms with Crippen LogP contribution in [0, 0.1) is 12.8 Å². The number of aryl methyl sites for hydroxylation is 1. The Labute approximate surface area is 204 Å². The van der Waals surface area contributed by atoms with E-state index >= 15 is 0 Å². The maximum atomic E-state index is 12.9. The van der Waals surface area contributed by atoms with Crippen molar-refractivity contribution in [3.05, 3.63) is 65.2 Å². The molecule has 1 saturated heterocycles. The number of aromatic nitrogens is 2. The van der Waals surface area contributed by atoms with E-state index in [1.54, 1.807) is 19.1 Å². The van der Waals surface area contributed by atoms with Crippen LogP contribution >= 0.6 is 11.3 Å². The molecule has 1 aromatic heterocycles. The summed E-state index contributed by atoms with van der Waals surface area (Å²) in [7, 11) is -3.90. The van der Waals surface area contributed by atoms with Gasteiger partial charge < -0.3 is 4.90 Å². The highest BCUT2D eigenvalue weighted by atomic mass is 32.2. The first kappa shape index (κ1) is 24.3. The normalized spacial score (nSPS) is 15.8. The molecule has 1 aliphatic rings. The summed E-state index contributed by atoms with van der Waals surface area (Å²) in [5, 5.41) is 10.4. The number of carbonyl (C=O) groups excluding carboxylic acids is 1. The summed E-state index contributed by atoms with van der Waals surface area (Å²) in [6.45, 7) is 7.99. The van der Waals surface area contributed by atoms with Gasteiger partial charge in [0, 0.05) is 30.4 Å². The number of hydrogen-bond donors (Lipinski definition) is 2. The van der Waals surface area contributed by atoms with Gasteiger partial charge in [-0.05, 0) is 61.9 Å². The molecule has 1 amide bonds. The summed E-state index contributed by atoms with van der Waals surface area (Å²) in [6.07, 6.45) is 2.38. The van der Waals surface area contributed by atoms with Crippen molar-refractivity contribution >= 4 is 38.1 Å². The van der Waals surface area contributed by atoms with Gasteiger partial charge in [0.25, 0.3) is 15.9 Å². The lowest BCUT2D eigenvalue weighted by molar-refractivity contribution is 0.102. The lowest BCUT2D eigenvalue weighted by Crippen LogP contribution is -2.32. The molecule has 0 spiro atoms. The second kappa shape index (κ2) is 10.2. The maximum Gasteiger partial charge on any atom is 0.270 e. The van der Waals surface area contributed by atoms with Gasteiger partial charge in [-0.15, -0.1) is 10.2 Å². The highest BCUT2D eigenvalue weighted by Gasteiger charge is 2.24. The molecular formula is C24H29N5O3S2. The molecule has 0 aliphatic carbocycles. The van der Waals surface area contributed by atoms with Crippen LogP contribution in [0.15, 0.2) is 52.9 Å². The molecular weight excluding hydrogens is 470 g/mol. The molecule has 1 fully saturated rings. The lowest BCUT2D eigenvalue weighted by Gasteiger charge is -2.32.